The van der Waals surface area contributed by atoms with E-state index in [1.165, 1.54) is 11.3 Å². The standard InChI is InChI=1S/C18H23NO/c1-4-19(17-12-8-6-10-15(17)3)13-18(20)16-11-7-5-9-14(16)2/h5-12,18,20H,4,13H2,1-3H3. The zero-order valence-electron chi connectivity index (χ0n) is 12.5. The van der Waals surface area contributed by atoms with Crippen LogP contribution in [0, 0.1) is 13.8 Å². The van der Waals surface area contributed by atoms with Crippen LogP contribution in [0.4, 0.5) is 5.69 Å². The van der Waals surface area contributed by atoms with E-state index < -0.39 is 6.10 Å². The first kappa shape index (κ1) is 14.6. The summed E-state index contributed by atoms with van der Waals surface area (Å²) < 4.78 is 0. The van der Waals surface area contributed by atoms with Gasteiger partial charge in [0.2, 0.25) is 0 Å². The van der Waals surface area contributed by atoms with Crippen LogP contribution < -0.4 is 4.90 Å². The number of benzene rings is 2. The molecule has 0 saturated carbocycles. The summed E-state index contributed by atoms with van der Waals surface area (Å²) in [6, 6.07) is 16.4. The molecule has 0 spiro atoms. The maximum atomic E-state index is 10.5. The van der Waals surface area contributed by atoms with Crippen molar-refractivity contribution in [3.63, 3.8) is 0 Å². The molecule has 0 heterocycles. The molecule has 0 aromatic heterocycles. The highest BCUT2D eigenvalue weighted by atomic mass is 16.3. The molecule has 0 aliphatic heterocycles. The summed E-state index contributed by atoms with van der Waals surface area (Å²) in [7, 11) is 0. The van der Waals surface area contributed by atoms with Gasteiger partial charge >= 0.3 is 0 Å². The molecular weight excluding hydrogens is 246 g/mol. The number of aliphatic hydroxyl groups excluding tert-OH is 1. The van der Waals surface area contributed by atoms with E-state index in [2.05, 4.69) is 30.9 Å². The molecule has 2 heteroatoms. The lowest BCUT2D eigenvalue weighted by Gasteiger charge is -2.28. The molecular formula is C18H23NO. The van der Waals surface area contributed by atoms with Crippen LogP contribution in [0.5, 0.6) is 0 Å². The molecule has 0 saturated heterocycles. The molecule has 1 N–H and O–H groups in total. The van der Waals surface area contributed by atoms with Crippen LogP contribution in [0.3, 0.4) is 0 Å². The van der Waals surface area contributed by atoms with Crippen LogP contribution in [-0.2, 0) is 0 Å². The molecule has 0 bridgehead atoms. The Morgan fingerprint density at radius 2 is 1.55 bits per heavy atom. The zero-order valence-corrected chi connectivity index (χ0v) is 12.5. The summed E-state index contributed by atoms with van der Waals surface area (Å²) in [5.41, 5.74) is 4.59. The van der Waals surface area contributed by atoms with Crippen molar-refractivity contribution in [2.45, 2.75) is 26.9 Å². The second-order valence-corrected chi connectivity index (χ2v) is 5.20. The summed E-state index contributed by atoms with van der Waals surface area (Å²) in [5, 5.41) is 10.5. The SMILES string of the molecule is CCN(CC(O)c1ccccc1C)c1ccccc1C. The van der Waals surface area contributed by atoms with E-state index in [1.807, 2.05) is 43.3 Å². The Kier molecular flexibility index (Phi) is 4.80. The highest BCUT2D eigenvalue weighted by molar-refractivity contribution is 5.53. The monoisotopic (exact) mass is 269 g/mol. The predicted molar refractivity (Wildman–Crippen MR) is 85.2 cm³/mol. The number of nitrogens with zero attached hydrogens (tertiary/aromatic N) is 1. The predicted octanol–water partition coefficient (Wildman–Crippen LogP) is 3.86. The largest absolute Gasteiger partial charge is 0.387 e. The fraction of sp³-hybridized carbons (Fsp3) is 0.333. The minimum Gasteiger partial charge on any atom is -0.387 e. The van der Waals surface area contributed by atoms with Gasteiger partial charge in [0.05, 0.1) is 6.10 Å². The first-order valence-corrected chi connectivity index (χ1v) is 7.17. The second-order valence-electron chi connectivity index (χ2n) is 5.20. The van der Waals surface area contributed by atoms with Crippen LogP contribution in [0.25, 0.3) is 0 Å². The van der Waals surface area contributed by atoms with Gasteiger partial charge in [-0.3, -0.25) is 0 Å². The Bertz CT molecular complexity index is 565. The number of aliphatic hydroxyl groups is 1. The molecule has 1 atom stereocenters. The van der Waals surface area contributed by atoms with E-state index in [-0.39, 0.29) is 0 Å². The highest BCUT2D eigenvalue weighted by Crippen LogP contribution is 2.24. The average molecular weight is 269 g/mol. The molecule has 20 heavy (non-hydrogen) atoms. The maximum Gasteiger partial charge on any atom is 0.0967 e. The molecule has 0 amide bonds. The molecule has 0 fully saturated rings. The minimum atomic E-state index is -0.462. The van der Waals surface area contributed by atoms with Crippen LogP contribution in [0.15, 0.2) is 48.5 Å². The molecule has 0 radical (unpaired) electrons. The van der Waals surface area contributed by atoms with Crippen LogP contribution in [0.1, 0.15) is 29.7 Å². The van der Waals surface area contributed by atoms with Crippen molar-refractivity contribution < 1.29 is 5.11 Å². The van der Waals surface area contributed by atoms with Crippen molar-refractivity contribution >= 4 is 5.69 Å². The minimum absolute atomic E-state index is 0.462. The smallest absolute Gasteiger partial charge is 0.0967 e. The Morgan fingerprint density at radius 1 is 0.950 bits per heavy atom. The van der Waals surface area contributed by atoms with Gasteiger partial charge in [-0.05, 0) is 43.5 Å². The van der Waals surface area contributed by atoms with Crippen molar-refractivity contribution in [1.29, 1.82) is 0 Å². The van der Waals surface area contributed by atoms with E-state index in [0.717, 1.165) is 17.7 Å². The summed E-state index contributed by atoms with van der Waals surface area (Å²) in [6.07, 6.45) is -0.462. The fourth-order valence-electron chi connectivity index (χ4n) is 2.58. The Hall–Kier alpha value is -1.80. The van der Waals surface area contributed by atoms with E-state index in [4.69, 9.17) is 0 Å². The van der Waals surface area contributed by atoms with E-state index in [0.29, 0.717) is 6.54 Å². The Morgan fingerprint density at radius 3 is 2.15 bits per heavy atom. The fourth-order valence-corrected chi connectivity index (χ4v) is 2.58. The lowest BCUT2D eigenvalue weighted by atomic mass is 10.0. The summed E-state index contributed by atoms with van der Waals surface area (Å²) in [4.78, 5) is 2.23. The third-order valence-electron chi connectivity index (χ3n) is 3.78. The average Bonchev–Trinajstić information content (AvgIpc) is 2.46. The topological polar surface area (TPSA) is 23.5 Å². The quantitative estimate of drug-likeness (QED) is 0.891. The van der Waals surface area contributed by atoms with Crippen molar-refractivity contribution in [3.05, 3.63) is 65.2 Å². The van der Waals surface area contributed by atoms with Gasteiger partial charge in [-0.15, -0.1) is 0 Å². The maximum absolute atomic E-state index is 10.5. The number of anilines is 1. The molecule has 0 aliphatic carbocycles. The molecule has 2 rings (SSSR count). The van der Waals surface area contributed by atoms with Gasteiger partial charge in [0.15, 0.2) is 0 Å². The van der Waals surface area contributed by atoms with E-state index in [1.54, 1.807) is 0 Å². The highest BCUT2D eigenvalue weighted by Gasteiger charge is 2.15. The molecule has 106 valence electrons. The summed E-state index contributed by atoms with van der Waals surface area (Å²) >= 11 is 0. The van der Waals surface area contributed by atoms with Gasteiger partial charge in [0.25, 0.3) is 0 Å². The van der Waals surface area contributed by atoms with Gasteiger partial charge in [-0.2, -0.15) is 0 Å². The number of hydrogen-bond acceptors (Lipinski definition) is 2. The number of aryl methyl sites for hydroxylation is 2. The van der Waals surface area contributed by atoms with Crippen molar-refractivity contribution in [2.75, 3.05) is 18.0 Å². The van der Waals surface area contributed by atoms with Gasteiger partial charge in [-0.1, -0.05) is 42.5 Å². The Balaban J connectivity index is 2.19. The summed E-state index contributed by atoms with van der Waals surface area (Å²) in [6.45, 7) is 7.78. The van der Waals surface area contributed by atoms with Crippen molar-refractivity contribution in [2.24, 2.45) is 0 Å². The molecule has 1 unspecified atom stereocenters. The number of hydrogen-bond donors (Lipinski definition) is 1. The van der Waals surface area contributed by atoms with Gasteiger partial charge in [0, 0.05) is 18.8 Å². The third-order valence-corrected chi connectivity index (χ3v) is 3.78. The Labute approximate surface area is 121 Å². The van der Waals surface area contributed by atoms with Gasteiger partial charge in [0.1, 0.15) is 0 Å². The molecule has 2 aromatic carbocycles. The third kappa shape index (κ3) is 3.20. The van der Waals surface area contributed by atoms with Gasteiger partial charge < -0.3 is 10.0 Å². The van der Waals surface area contributed by atoms with Crippen molar-refractivity contribution in [1.82, 2.24) is 0 Å². The molecule has 2 nitrogen and oxygen atoms in total. The lowest BCUT2D eigenvalue weighted by molar-refractivity contribution is 0.183. The van der Waals surface area contributed by atoms with E-state index in [9.17, 15) is 5.11 Å². The van der Waals surface area contributed by atoms with Crippen LogP contribution in [0.2, 0.25) is 0 Å². The first-order chi connectivity index (χ1) is 9.63. The first-order valence-electron chi connectivity index (χ1n) is 7.17. The normalized spacial score (nSPS) is 12.2. The van der Waals surface area contributed by atoms with Crippen LogP contribution in [-0.4, -0.2) is 18.2 Å². The molecule has 0 aliphatic rings. The summed E-state index contributed by atoms with van der Waals surface area (Å²) in [5.74, 6) is 0. The van der Waals surface area contributed by atoms with Gasteiger partial charge in [-0.25, -0.2) is 0 Å². The lowest BCUT2D eigenvalue weighted by Crippen LogP contribution is -2.29. The number of rotatable bonds is 5. The zero-order chi connectivity index (χ0) is 14.5. The van der Waals surface area contributed by atoms with Crippen LogP contribution >= 0.6 is 0 Å². The molecule has 2 aromatic rings. The van der Waals surface area contributed by atoms with E-state index >= 15 is 0 Å². The second kappa shape index (κ2) is 6.58. The number of para-hydroxylation sites is 1. The van der Waals surface area contributed by atoms with Crippen molar-refractivity contribution in [3.8, 4) is 0 Å². The number of likely N-dealkylation sites (N-methyl/N-ethyl adjacent to an activating group) is 1.